The number of anilines is 3. The molecule has 0 bridgehead atoms. The number of rotatable bonds is 8. The van der Waals surface area contributed by atoms with Crippen molar-refractivity contribution in [2.75, 3.05) is 35.6 Å². The van der Waals surface area contributed by atoms with Crippen LogP contribution < -0.4 is 20.9 Å². The Morgan fingerprint density at radius 1 is 0.964 bits per heavy atom. The molecule has 0 aliphatic carbocycles. The van der Waals surface area contributed by atoms with Gasteiger partial charge in [-0.1, -0.05) is 11.6 Å². The van der Waals surface area contributed by atoms with E-state index in [1.807, 2.05) is 6.92 Å². The molecule has 0 saturated carbocycles. The SMILES string of the molecule is CC[NH+](CC(=O)Nc1ccc(NC(C)=O)cc1)CC(=O)Nc1cccnc1Cl. The van der Waals surface area contributed by atoms with Crippen LogP contribution in [0.3, 0.4) is 0 Å². The first-order chi connectivity index (χ1) is 13.4. The van der Waals surface area contributed by atoms with E-state index in [0.717, 1.165) is 4.90 Å². The minimum Gasteiger partial charge on any atom is -0.326 e. The fraction of sp³-hybridized carbons (Fsp3) is 0.263. The molecule has 2 aromatic rings. The van der Waals surface area contributed by atoms with Crippen molar-refractivity contribution in [1.29, 1.82) is 0 Å². The van der Waals surface area contributed by atoms with Crippen molar-refractivity contribution in [3.63, 3.8) is 0 Å². The van der Waals surface area contributed by atoms with E-state index in [9.17, 15) is 14.4 Å². The van der Waals surface area contributed by atoms with Crippen molar-refractivity contribution in [2.45, 2.75) is 13.8 Å². The standard InChI is InChI=1S/C19H22ClN5O3/c1-3-25(12-18(28)24-16-5-4-10-21-19(16)20)11-17(27)23-15-8-6-14(7-9-15)22-13(2)26/h4-10H,3,11-12H2,1-2H3,(H,22,26)(H,23,27)(H,24,28)/p+1. The van der Waals surface area contributed by atoms with E-state index in [4.69, 9.17) is 11.6 Å². The van der Waals surface area contributed by atoms with Crippen molar-refractivity contribution in [3.8, 4) is 0 Å². The summed E-state index contributed by atoms with van der Waals surface area (Å²) in [6, 6.07) is 10.1. The Balaban J connectivity index is 1.86. The van der Waals surface area contributed by atoms with E-state index < -0.39 is 0 Å². The maximum Gasteiger partial charge on any atom is 0.279 e. The van der Waals surface area contributed by atoms with Gasteiger partial charge in [-0.15, -0.1) is 0 Å². The average molecular weight is 405 g/mol. The molecule has 1 aromatic heterocycles. The molecule has 9 heteroatoms. The van der Waals surface area contributed by atoms with Crippen LogP contribution in [0.15, 0.2) is 42.6 Å². The fourth-order valence-electron chi connectivity index (χ4n) is 2.49. The number of hydrogen-bond acceptors (Lipinski definition) is 4. The number of carbonyl (C=O) groups is 3. The predicted octanol–water partition coefficient (Wildman–Crippen LogP) is 1.18. The number of nitrogens with zero attached hydrogens (tertiary/aromatic N) is 1. The van der Waals surface area contributed by atoms with Gasteiger partial charge in [-0.25, -0.2) is 4.98 Å². The Bertz CT molecular complexity index is 842. The number of pyridine rings is 1. The monoisotopic (exact) mass is 404 g/mol. The van der Waals surface area contributed by atoms with E-state index in [2.05, 4.69) is 20.9 Å². The van der Waals surface area contributed by atoms with Gasteiger partial charge in [-0.2, -0.15) is 0 Å². The van der Waals surface area contributed by atoms with Gasteiger partial charge in [0.2, 0.25) is 5.91 Å². The van der Waals surface area contributed by atoms with Crippen molar-refractivity contribution in [1.82, 2.24) is 4.98 Å². The average Bonchev–Trinajstić information content (AvgIpc) is 2.64. The van der Waals surface area contributed by atoms with Crippen molar-refractivity contribution in [3.05, 3.63) is 47.7 Å². The van der Waals surface area contributed by atoms with Gasteiger partial charge >= 0.3 is 0 Å². The van der Waals surface area contributed by atoms with Gasteiger partial charge in [0, 0.05) is 24.5 Å². The molecule has 4 N–H and O–H groups in total. The second-order valence-electron chi connectivity index (χ2n) is 6.15. The minimum absolute atomic E-state index is 0.122. The maximum absolute atomic E-state index is 12.3. The molecule has 0 aliphatic rings. The lowest BCUT2D eigenvalue weighted by Gasteiger charge is -2.17. The zero-order valence-electron chi connectivity index (χ0n) is 15.7. The Morgan fingerprint density at radius 2 is 1.54 bits per heavy atom. The first kappa shape index (κ1) is 21.3. The predicted molar refractivity (Wildman–Crippen MR) is 108 cm³/mol. The highest BCUT2D eigenvalue weighted by molar-refractivity contribution is 6.32. The highest BCUT2D eigenvalue weighted by atomic mass is 35.5. The molecule has 1 atom stereocenters. The highest BCUT2D eigenvalue weighted by Gasteiger charge is 2.17. The third-order valence-corrected chi connectivity index (χ3v) is 4.14. The molecule has 3 amide bonds. The van der Waals surface area contributed by atoms with Crippen LogP contribution in [-0.4, -0.2) is 42.3 Å². The van der Waals surface area contributed by atoms with Gasteiger partial charge in [0.25, 0.3) is 11.8 Å². The van der Waals surface area contributed by atoms with Gasteiger partial charge in [-0.05, 0) is 43.3 Å². The third kappa shape index (κ3) is 6.98. The lowest BCUT2D eigenvalue weighted by atomic mass is 10.2. The second kappa shape index (κ2) is 10.4. The number of aromatic nitrogens is 1. The summed E-state index contributed by atoms with van der Waals surface area (Å²) in [5, 5.41) is 8.36. The number of quaternary nitrogens is 1. The summed E-state index contributed by atoms with van der Waals surface area (Å²) in [5.74, 6) is -0.625. The van der Waals surface area contributed by atoms with Crippen molar-refractivity contribution >= 4 is 46.4 Å². The maximum atomic E-state index is 12.3. The fourth-order valence-corrected chi connectivity index (χ4v) is 2.65. The van der Waals surface area contributed by atoms with Crippen LogP contribution in [-0.2, 0) is 14.4 Å². The summed E-state index contributed by atoms with van der Waals surface area (Å²) >= 11 is 5.93. The Morgan fingerprint density at radius 3 is 2.07 bits per heavy atom. The van der Waals surface area contributed by atoms with Crippen molar-refractivity contribution in [2.24, 2.45) is 0 Å². The molecule has 1 unspecified atom stereocenters. The molecule has 0 saturated heterocycles. The summed E-state index contributed by atoms with van der Waals surface area (Å²) < 4.78 is 0. The first-order valence-electron chi connectivity index (χ1n) is 8.78. The zero-order valence-corrected chi connectivity index (χ0v) is 16.5. The van der Waals surface area contributed by atoms with Crippen LogP contribution in [0.5, 0.6) is 0 Å². The molecular formula is C19H23ClN5O3+. The molecule has 0 radical (unpaired) electrons. The molecule has 0 spiro atoms. The highest BCUT2D eigenvalue weighted by Crippen LogP contribution is 2.16. The number of likely N-dealkylation sites (N-methyl/N-ethyl adjacent to an activating group) is 1. The summed E-state index contributed by atoms with van der Waals surface area (Å²) in [6.45, 7) is 4.18. The van der Waals surface area contributed by atoms with Gasteiger partial charge in [-0.3, -0.25) is 14.4 Å². The third-order valence-electron chi connectivity index (χ3n) is 3.84. The molecule has 28 heavy (non-hydrogen) atoms. The smallest absolute Gasteiger partial charge is 0.279 e. The van der Waals surface area contributed by atoms with E-state index in [0.29, 0.717) is 23.6 Å². The van der Waals surface area contributed by atoms with E-state index in [-0.39, 0.29) is 36.0 Å². The Labute approximate surface area is 168 Å². The summed E-state index contributed by atoms with van der Waals surface area (Å²) in [6.07, 6.45) is 1.54. The molecule has 0 fully saturated rings. The van der Waals surface area contributed by atoms with Gasteiger partial charge in [0.15, 0.2) is 18.2 Å². The number of hydrogen-bond donors (Lipinski definition) is 4. The van der Waals surface area contributed by atoms with Gasteiger partial charge in [0.05, 0.1) is 12.2 Å². The molecular weight excluding hydrogens is 382 g/mol. The Hall–Kier alpha value is -2.97. The van der Waals surface area contributed by atoms with E-state index >= 15 is 0 Å². The minimum atomic E-state index is -0.251. The lowest BCUT2D eigenvalue weighted by molar-refractivity contribution is -0.881. The number of nitrogens with one attached hydrogen (secondary N) is 4. The Kier molecular flexibility index (Phi) is 7.91. The second-order valence-corrected chi connectivity index (χ2v) is 6.51. The molecule has 2 rings (SSSR count). The molecule has 8 nitrogen and oxygen atoms in total. The summed E-state index contributed by atoms with van der Waals surface area (Å²) in [5.41, 5.74) is 1.70. The molecule has 1 heterocycles. The van der Waals surface area contributed by atoms with Gasteiger partial charge < -0.3 is 20.9 Å². The lowest BCUT2D eigenvalue weighted by Crippen LogP contribution is -3.13. The van der Waals surface area contributed by atoms with E-state index in [1.165, 1.54) is 13.1 Å². The molecule has 148 valence electrons. The van der Waals surface area contributed by atoms with Crippen LogP contribution >= 0.6 is 11.6 Å². The number of carbonyl (C=O) groups excluding carboxylic acids is 3. The zero-order chi connectivity index (χ0) is 20.5. The van der Waals surface area contributed by atoms with Crippen molar-refractivity contribution < 1.29 is 19.3 Å². The largest absolute Gasteiger partial charge is 0.326 e. The number of amides is 3. The molecule has 0 aliphatic heterocycles. The first-order valence-corrected chi connectivity index (χ1v) is 9.16. The summed E-state index contributed by atoms with van der Waals surface area (Å²) in [7, 11) is 0. The van der Waals surface area contributed by atoms with Crippen LogP contribution in [0.25, 0.3) is 0 Å². The van der Waals surface area contributed by atoms with Crippen LogP contribution in [0.2, 0.25) is 5.15 Å². The normalized spacial score (nSPS) is 11.4. The quantitative estimate of drug-likeness (QED) is 0.496. The van der Waals surface area contributed by atoms with Crippen LogP contribution in [0, 0.1) is 0 Å². The topological polar surface area (TPSA) is 105 Å². The van der Waals surface area contributed by atoms with E-state index in [1.54, 1.807) is 36.4 Å². The van der Waals surface area contributed by atoms with Gasteiger partial charge in [0.1, 0.15) is 0 Å². The number of halogens is 1. The summed E-state index contributed by atoms with van der Waals surface area (Å²) in [4.78, 5) is 40.2. The van der Waals surface area contributed by atoms with Crippen LogP contribution in [0.4, 0.5) is 17.1 Å². The van der Waals surface area contributed by atoms with Crippen LogP contribution in [0.1, 0.15) is 13.8 Å². The molecule has 1 aromatic carbocycles. The number of benzene rings is 1.